The highest BCUT2D eigenvalue weighted by Gasteiger charge is 2.15. The number of ether oxygens (including phenoxy) is 2. The second kappa shape index (κ2) is 6.13. The standard InChI is InChI=1S/C15H13NO6/c1-21-13-6-10(7-14(8-13)22-2)9-3-11(15(17)18)5-12(4-9)16(19)20/h3-8H,1-2H3,(H,17,18). The largest absolute Gasteiger partial charge is 0.497 e. The highest BCUT2D eigenvalue weighted by molar-refractivity contribution is 5.90. The summed E-state index contributed by atoms with van der Waals surface area (Å²) in [6.45, 7) is 0. The molecule has 0 aromatic heterocycles. The van der Waals surface area contributed by atoms with Gasteiger partial charge in [0.05, 0.1) is 24.7 Å². The third-order valence-electron chi connectivity index (χ3n) is 3.06. The van der Waals surface area contributed by atoms with Gasteiger partial charge in [-0.05, 0) is 29.3 Å². The summed E-state index contributed by atoms with van der Waals surface area (Å²) >= 11 is 0. The Labute approximate surface area is 125 Å². The van der Waals surface area contributed by atoms with E-state index in [0.29, 0.717) is 22.6 Å². The van der Waals surface area contributed by atoms with E-state index >= 15 is 0 Å². The number of benzene rings is 2. The predicted molar refractivity (Wildman–Crippen MR) is 78.6 cm³/mol. The number of hydrogen-bond acceptors (Lipinski definition) is 5. The second-order valence-electron chi connectivity index (χ2n) is 4.43. The number of non-ortho nitro benzene ring substituents is 1. The first-order chi connectivity index (χ1) is 10.4. The molecule has 0 amide bonds. The fourth-order valence-corrected chi connectivity index (χ4v) is 1.98. The number of nitrogens with zero attached hydrogens (tertiary/aromatic N) is 1. The maximum Gasteiger partial charge on any atom is 0.335 e. The lowest BCUT2D eigenvalue weighted by atomic mass is 10.0. The van der Waals surface area contributed by atoms with E-state index in [-0.39, 0.29) is 11.3 Å². The van der Waals surface area contributed by atoms with Crippen LogP contribution in [-0.4, -0.2) is 30.2 Å². The lowest BCUT2D eigenvalue weighted by molar-refractivity contribution is -0.384. The first kappa shape index (κ1) is 15.3. The monoisotopic (exact) mass is 303 g/mol. The van der Waals surface area contributed by atoms with Gasteiger partial charge in [0.15, 0.2) is 0 Å². The molecule has 0 unspecified atom stereocenters. The molecule has 0 saturated heterocycles. The van der Waals surface area contributed by atoms with Crippen LogP contribution in [0.1, 0.15) is 10.4 Å². The molecule has 0 aliphatic carbocycles. The number of carboxylic acid groups (broad SMARTS) is 1. The van der Waals surface area contributed by atoms with Gasteiger partial charge in [0.2, 0.25) is 0 Å². The van der Waals surface area contributed by atoms with Crippen molar-refractivity contribution in [3.05, 3.63) is 52.1 Å². The van der Waals surface area contributed by atoms with Crippen LogP contribution in [0.3, 0.4) is 0 Å². The number of methoxy groups -OCH3 is 2. The van der Waals surface area contributed by atoms with Crippen molar-refractivity contribution in [2.75, 3.05) is 14.2 Å². The van der Waals surface area contributed by atoms with Crippen molar-refractivity contribution < 1.29 is 24.3 Å². The van der Waals surface area contributed by atoms with Gasteiger partial charge in [0.25, 0.3) is 5.69 Å². The van der Waals surface area contributed by atoms with Gasteiger partial charge in [-0.1, -0.05) is 0 Å². The molecule has 7 nitrogen and oxygen atoms in total. The predicted octanol–water partition coefficient (Wildman–Crippen LogP) is 2.98. The Morgan fingerprint density at radius 3 is 2.00 bits per heavy atom. The Balaban J connectivity index is 2.65. The van der Waals surface area contributed by atoms with E-state index in [2.05, 4.69) is 0 Å². The number of aromatic carboxylic acids is 1. The normalized spacial score (nSPS) is 10.1. The van der Waals surface area contributed by atoms with Crippen molar-refractivity contribution in [3.8, 4) is 22.6 Å². The highest BCUT2D eigenvalue weighted by Crippen LogP contribution is 2.32. The van der Waals surface area contributed by atoms with Gasteiger partial charge in [0, 0.05) is 18.2 Å². The summed E-state index contributed by atoms with van der Waals surface area (Å²) in [5.41, 5.74) is 0.494. The minimum absolute atomic E-state index is 0.161. The van der Waals surface area contributed by atoms with Gasteiger partial charge in [-0.2, -0.15) is 0 Å². The van der Waals surface area contributed by atoms with E-state index in [9.17, 15) is 14.9 Å². The maximum atomic E-state index is 11.1. The lowest BCUT2D eigenvalue weighted by Gasteiger charge is -2.09. The summed E-state index contributed by atoms with van der Waals surface area (Å²) in [7, 11) is 2.96. The van der Waals surface area contributed by atoms with Crippen LogP contribution in [0.15, 0.2) is 36.4 Å². The van der Waals surface area contributed by atoms with Crippen LogP contribution in [0.25, 0.3) is 11.1 Å². The van der Waals surface area contributed by atoms with Crippen molar-refractivity contribution in [1.29, 1.82) is 0 Å². The third kappa shape index (κ3) is 3.14. The van der Waals surface area contributed by atoms with Gasteiger partial charge in [-0.15, -0.1) is 0 Å². The third-order valence-corrected chi connectivity index (χ3v) is 3.06. The van der Waals surface area contributed by atoms with Crippen molar-refractivity contribution >= 4 is 11.7 Å². The quantitative estimate of drug-likeness (QED) is 0.673. The van der Waals surface area contributed by atoms with Crippen molar-refractivity contribution in [1.82, 2.24) is 0 Å². The van der Waals surface area contributed by atoms with Gasteiger partial charge < -0.3 is 14.6 Å². The van der Waals surface area contributed by atoms with Crippen LogP contribution in [0, 0.1) is 10.1 Å². The zero-order valence-electron chi connectivity index (χ0n) is 11.9. The summed E-state index contributed by atoms with van der Waals surface area (Å²) in [5, 5.41) is 20.1. The molecule has 0 atom stereocenters. The maximum absolute atomic E-state index is 11.1. The molecule has 0 aliphatic heterocycles. The molecule has 2 rings (SSSR count). The Morgan fingerprint density at radius 1 is 1.00 bits per heavy atom. The summed E-state index contributed by atoms with van der Waals surface area (Å²) in [4.78, 5) is 21.5. The van der Waals surface area contributed by atoms with E-state index in [4.69, 9.17) is 14.6 Å². The molecule has 7 heteroatoms. The minimum Gasteiger partial charge on any atom is -0.497 e. The number of hydrogen-bond donors (Lipinski definition) is 1. The molecule has 114 valence electrons. The molecule has 22 heavy (non-hydrogen) atoms. The van der Waals surface area contributed by atoms with Crippen LogP contribution in [0.2, 0.25) is 0 Å². The topological polar surface area (TPSA) is 98.9 Å². The molecule has 2 aromatic carbocycles. The Morgan fingerprint density at radius 2 is 1.55 bits per heavy atom. The van der Waals surface area contributed by atoms with E-state index in [1.54, 1.807) is 18.2 Å². The van der Waals surface area contributed by atoms with Crippen LogP contribution in [0.4, 0.5) is 5.69 Å². The van der Waals surface area contributed by atoms with E-state index in [1.807, 2.05) is 0 Å². The first-order valence-corrected chi connectivity index (χ1v) is 6.21. The number of carbonyl (C=O) groups is 1. The van der Waals surface area contributed by atoms with Crippen LogP contribution < -0.4 is 9.47 Å². The van der Waals surface area contributed by atoms with Crippen LogP contribution in [0.5, 0.6) is 11.5 Å². The van der Waals surface area contributed by atoms with Gasteiger partial charge in [-0.3, -0.25) is 10.1 Å². The molecule has 0 fully saturated rings. The van der Waals surface area contributed by atoms with E-state index in [0.717, 1.165) is 6.07 Å². The number of nitro groups is 1. The second-order valence-corrected chi connectivity index (χ2v) is 4.43. The Hall–Kier alpha value is -3.09. The van der Waals surface area contributed by atoms with Crippen LogP contribution in [-0.2, 0) is 0 Å². The molecule has 0 radical (unpaired) electrons. The fraction of sp³-hybridized carbons (Fsp3) is 0.133. The molecule has 0 spiro atoms. The molecule has 2 aromatic rings. The van der Waals surface area contributed by atoms with E-state index < -0.39 is 10.9 Å². The summed E-state index contributed by atoms with van der Waals surface area (Å²) < 4.78 is 10.3. The average Bonchev–Trinajstić information content (AvgIpc) is 2.53. The summed E-state index contributed by atoms with van der Waals surface area (Å²) in [6, 6.07) is 8.63. The number of rotatable bonds is 5. The number of carboxylic acids is 1. The number of nitro benzene ring substituents is 1. The molecular formula is C15H13NO6. The zero-order chi connectivity index (χ0) is 16.3. The van der Waals surface area contributed by atoms with Crippen LogP contribution >= 0.6 is 0 Å². The minimum atomic E-state index is -1.24. The first-order valence-electron chi connectivity index (χ1n) is 6.21. The van der Waals surface area contributed by atoms with Crippen molar-refractivity contribution in [2.24, 2.45) is 0 Å². The molecule has 0 aliphatic rings. The summed E-state index contributed by atoms with van der Waals surface area (Å²) in [6.07, 6.45) is 0. The Kier molecular flexibility index (Phi) is 4.26. The van der Waals surface area contributed by atoms with Gasteiger partial charge >= 0.3 is 5.97 Å². The lowest BCUT2D eigenvalue weighted by Crippen LogP contribution is -1.99. The summed E-state index contributed by atoms with van der Waals surface area (Å²) in [5.74, 6) is -0.240. The van der Waals surface area contributed by atoms with Crippen molar-refractivity contribution in [2.45, 2.75) is 0 Å². The van der Waals surface area contributed by atoms with Gasteiger partial charge in [-0.25, -0.2) is 4.79 Å². The Bertz CT molecular complexity index is 686. The SMILES string of the molecule is COc1cc(OC)cc(-c2cc(C(=O)O)cc([N+](=O)[O-])c2)c1. The zero-order valence-corrected chi connectivity index (χ0v) is 11.9. The fourth-order valence-electron chi connectivity index (χ4n) is 1.98. The van der Waals surface area contributed by atoms with Gasteiger partial charge in [0.1, 0.15) is 11.5 Å². The highest BCUT2D eigenvalue weighted by atomic mass is 16.6. The smallest absolute Gasteiger partial charge is 0.335 e. The molecule has 0 bridgehead atoms. The average molecular weight is 303 g/mol. The van der Waals surface area contributed by atoms with Crippen molar-refractivity contribution in [3.63, 3.8) is 0 Å². The molecule has 0 heterocycles. The molecular weight excluding hydrogens is 290 g/mol. The molecule has 1 N–H and O–H groups in total. The molecule has 0 saturated carbocycles. The van der Waals surface area contributed by atoms with E-state index in [1.165, 1.54) is 26.4 Å².